The van der Waals surface area contributed by atoms with E-state index in [1.165, 1.54) is 42.6 Å². The van der Waals surface area contributed by atoms with Crippen molar-refractivity contribution in [2.45, 2.75) is 40.0 Å². The first-order valence-corrected chi connectivity index (χ1v) is 9.51. The Labute approximate surface area is 152 Å². The lowest BCUT2D eigenvalue weighted by molar-refractivity contribution is 0.170. The number of aromatic nitrogens is 1. The van der Waals surface area contributed by atoms with E-state index in [4.69, 9.17) is 4.74 Å². The van der Waals surface area contributed by atoms with E-state index in [1.807, 2.05) is 12.3 Å². The topological polar surface area (TPSA) is 25.4 Å². The number of ether oxygens (including phenoxy) is 1. The first kappa shape index (κ1) is 17.9. The largest absolute Gasteiger partial charge is 0.494 e. The van der Waals surface area contributed by atoms with Crippen LogP contribution in [0.15, 0.2) is 36.5 Å². The molecule has 1 fully saturated rings. The van der Waals surface area contributed by atoms with Gasteiger partial charge >= 0.3 is 0 Å². The second-order valence-corrected chi connectivity index (χ2v) is 7.40. The van der Waals surface area contributed by atoms with Crippen molar-refractivity contribution in [3.8, 4) is 17.0 Å². The van der Waals surface area contributed by atoms with E-state index in [2.05, 4.69) is 54.9 Å². The summed E-state index contributed by atoms with van der Waals surface area (Å²) in [5.41, 5.74) is 4.66. The van der Waals surface area contributed by atoms with Gasteiger partial charge in [-0.3, -0.25) is 4.98 Å². The van der Waals surface area contributed by atoms with Gasteiger partial charge in [0, 0.05) is 24.8 Å². The van der Waals surface area contributed by atoms with Gasteiger partial charge in [-0.15, -0.1) is 0 Å². The molecule has 3 rings (SSSR count). The Bertz CT molecular complexity index is 698. The molecule has 1 aliphatic heterocycles. The van der Waals surface area contributed by atoms with Gasteiger partial charge in [0.15, 0.2) is 0 Å². The van der Waals surface area contributed by atoms with E-state index < -0.39 is 0 Å². The van der Waals surface area contributed by atoms with E-state index in [-0.39, 0.29) is 0 Å². The lowest BCUT2D eigenvalue weighted by Crippen LogP contribution is -2.35. The first-order valence-electron chi connectivity index (χ1n) is 9.51. The van der Waals surface area contributed by atoms with Crippen molar-refractivity contribution in [1.82, 2.24) is 9.88 Å². The van der Waals surface area contributed by atoms with Gasteiger partial charge in [-0.2, -0.15) is 0 Å². The average Bonchev–Trinajstić information content (AvgIpc) is 2.60. The van der Waals surface area contributed by atoms with Gasteiger partial charge in [-0.05, 0) is 81.0 Å². The minimum atomic E-state index is 0.784. The van der Waals surface area contributed by atoms with E-state index in [0.29, 0.717) is 0 Å². The maximum Gasteiger partial charge on any atom is 0.119 e. The second kappa shape index (κ2) is 8.48. The molecule has 134 valence electrons. The minimum Gasteiger partial charge on any atom is -0.494 e. The third kappa shape index (κ3) is 4.82. The monoisotopic (exact) mass is 338 g/mol. The predicted octanol–water partition coefficient (Wildman–Crippen LogP) is 4.87. The molecule has 1 aliphatic rings. The number of pyridine rings is 1. The van der Waals surface area contributed by atoms with Crippen molar-refractivity contribution >= 4 is 0 Å². The van der Waals surface area contributed by atoms with Crippen LogP contribution >= 0.6 is 0 Å². The Morgan fingerprint density at radius 1 is 1.20 bits per heavy atom. The fraction of sp³-hybridized carbons (Fsp3) is 0.500. The summed E-state index contributed by atoms with van der Waals surface area (Å²) < 4.78 is 5.98. The number of rotatable bonds is 6. The van der Waals surface area contributed by atoms with Gasteiger partial charge in [0.05, 0.1) is 12.3 Å². The highest BCUT2D eigenvalue weighted by Crippen LogP contribution is 2.27. The zero-order valence-electron chi connectivity index (χ0n) is 15.8. The molecule has 0 N–H and O–H groups in total. The number of piperidine rings is 1. The Hall–Kier alpha value is -1.87. The summed E-state index contributed by atoms with van der Waals surface area (Å²) in [4.78, 5) is 7.11. The molecule has 3 nitrogen and oxygen atoms in total. The normalized spacial score (nSPS) is 18.3. The van der Waals surface area contributed by atoms with Gasteiger partial charge in [0.25, 0.3) is 0 Å². The number of nitrogens with zero attached hydrogens (tertiary/aromatic N) is 2. The van der Waals surface area contributed by atoms with Crippen molar-refractivity contribution in [2.24, 2.45) is 5.92 Å². The third-order valence-corrected chi connectivity index (χ3v) is 5.09. The van der Waals surface area contributed by atoms with Crippen molar-refractivity contribution < 1.29 is 4.74 Å². The fourth-order valence-electron chi connectivity index (χ4n) is 3.73. The summed E-state index contributed by atoms with van der Waals surface area (Å²) in [6.07, 6.45) is 5.67. The van der Waals surface area contributed by atoms with Crippen LogP contribution in [-0.2, 0) is 0 Å². The van der Waals surface area contributed by atoms with E-state index in [1.54, 1.807) is 0 Å². The summed E-state index contributed by atoms with van der Waals surface area (Å²) in [6, 6.07) is 10.4. The van der Waals surface area contributed by atoms with E-state index in [9.17, 15) is 0 Å². The van der Waals surface area contributed by atoms with E-state index >= 15 is 0 Å². The molecule has 25 heavy (non-hydrogen) atoms. The standard InChI is InChI=1S/C22H30N2O/c1-17-7-5-12-24(16-17)13-6-14-25-20-9-10-21(19(3)15-20)22-18(2)8-4-11-23-22/h4,8-11,15,17H,5-7,12-14,16H2,1-3H3/t17-/m0/s1. The van der Waals surface area contributed by atoms with E-state index in [0.717, 1.165) is 36.9 Å². The quantitative estimate of drug-likeness (QED) is 0.703. The molecule has 3 heteroatoms. The van der Waals surface area contributed by atoms with Crippen LogP contribution in [0.1, 0.15) is 37.3 Å². The van der Waals surface area contributed by atoms with Gasteiger partial charge in [-0.1, -0.05) is 13.0 Å². The molecule has 0 unspecified atom stereocenters. The highest BCUT2D eigenvalue weighted by atomic mass is 16.5. The summed E-state index contributed by atoms with van der Waals surface area (Å²) in [6.45, 7) is 11.0. The highest BCUT2D eigenvalue weighted by molar-refractivity contribution is 5.67. The Kier molecular flexibility index (Phi) is 6.09. The highest BCUT2D eigenvalue weighted by Gasteiger charge is 2.15. The van der Waals surface area contributed by atoms with Crippen molar-refractivity contribution in [1.29, 1.82) is 0 Å². The fourth-order valence-corrected chi connectivity index (χ4v) is 3.73. The summed E-state index contributed by atoms with van der Waals surface area (Å²) >= 11 is 0. The predicted molar refractivity (Wildman–Crippen MR) is 104 cm³/mol. The van der Waals surface area contributed by atoms with Crippen LogP contribution in [0.5, 0.6) is 5.75 Å². The molecule has 0 saturated carbocycles. The van der Waals surface area contributed by atoms with Crippen LogP contribution in [0.4, 0.5) is 0 Å². The number of aryl methyl sites for hydroxylation is 2. The molecule has 1 atom stereocenters. The van der Waals surface area contributed by atoms with Crippen LogP contribution in [0.25, 0.3) is 11.3 Å². The van der Waals surface area contributed by atoms with Gasteiger partial charge < -0.3 is 9.64 Å². The molecule has 2 aromatic rings. The Morgan fingerprint density at radius 3 is 2.84 bits per heavy atom. The molecule has 1 aromatic carbocycles. The SMILES string of the molecule is Cc1cc(OCCCN2CCC[C@H](C)C2)ccc1-c1ncccc1C. The van der Waals surface area contributed by atoms with Crippen molar-refractivity contribution in [3.63, 3.8) is 0 Å². The maximum atomic E-state index is 5.98. The smallest absolute Gasteiger partial charge is 0.119 e. The molecule has 0 aliphatic carbocycles. The van der Waals surface area contributed by atoms with Crippen LogP contribution in [0.3, 0.4) is 0 Å². The van der Waals surface area contributed by atoms with Crippen LogP contribution in [0.2, 0.25) is 0 Å². The lowest BCUT2D eigenvalue weighted by Gasteiger charge is -2.30. The number of likely N-dealkylation sites (tertiary alicyclic amines) is 1. The molecule has 0 bridgehead atoms. The summed E-state index contributed by atoms with van der Waals surface area (Å²) in [7, 11) is 0. The second-order valence-electron chi connectivity index (χ2n) is 7.40. The molecule has 0 radical (unpaired) electrons. The van der Waals surface area contributed by atoms with Crippen molar-refractivity contribution in [3.05, 3.63) is 47.7 Å². The molecule has 1 aromatic heterocycles. The third-order valence-electron chi connectivity index (χ3n) is 5.09. The lowest BCUT2D eigenvalue weighted by atomic mass is 10.0. The Morgan fingerprint density at radius 2 is 2.08 bits per heavy atom. The zero-order chi connectivity index (χ0) is 17.6. The number of hydrogen-bond acceptors (Lipinski definition) is 3. The maximum absolute atomic E-state index is 5.98. The summed E-state index contributed by atoms with van der Waals surface area (Å²) in [5, 5.41) is 0. The molecule has 2 heterocycles. The molecular formula is C22H30N2O. The first-order chi connectivity index (χ1) is 12.1. The average molecular weight is 338 g/mol. The zero-order valence-corrected chi connectivity index (χ0v) is 15.8. The molecular weight excluding hydrogens is 308 g/mol. The molecule has 0 spiro atoms. The van der Waals surface area contributed by atoms with Crippen LogP contribution in [-0.4, -0.2) is 36.1 Å². The van der Waals surface area contributed by atoms with Gasteiger partial charge in [0.1, 0.15) is 5.75 Å². The Balaban J connectivity index is 1.52. The minimum absolute atomic E-state index is 0.784. The van der Waals surface area contributed by atoms with Crippen molar-refractivity contribution in [2.75, 3.05) is 26.2 Å². The van der Waals surface area contributed by atoms with Gasteiger partial charge in [-0.25, -0.2) is 0 Å². The number of hydrogen-bond donors (Lipinski definition) is 0. The van der Waals surface area contributed by atoms with Crippen LogP contribution in [0, 0.1) is 19.8 Å². The summed E-state index contributed by atoms with van der Waals surface area (Å²) in [5.74, 6) is 1.81. The number of benzene rings is 1. The van der Waals surface area contributed by atoms with Gasteiger partial charge in [0.2, 0.25) is 0 Å². The molecule has 1 saturated heterocycles. The molecule has 0 amide bonds. The van der Waals surface area contributed by atoms with Crippen LogP contribution < -0.4 is 4.74 Å².